The second-order valence-corrected chi connectivity index (χ2v) is 16.5. The molecule has 56 heavy (non-hydrogen) atoms. The molecule has 2 N–H and O–H groups in total. The van der Waals surface area contributed by atoms with Gasteiger partial charge in [-0.2, -0.15) is 0 Å². The van der Waals surface area contributed by atoms with Crippen molar-refractivity contribution in [1.29, 1.82) is 0 Å². The molecule has 4 aromatic rings. The van der Waals surface area contributed by atoms with Crippen molar-refractivity contribution in [3.8, 4) is 22.6 Å². The number of carbonyl (C=O) groups excluding carboxylic acids is 2. The van der Waals surface area contributed by atoms with Crippen molar-refractivity contribution in [2.24, 2.45) is 11.8 Å². The van der Waals surface area contributed by atoms with Crippen molar-refractivity contribution >= 4 is 51.5 Å². The molecule has 0 aromatic heterocycles. The summed E-state index contributed by atoms with van der Waals surface area (Å²) >= 11 is 3.41. The highest BCUT2D eigenvalue weighted by molar-refractivity contribution is 9.10. The van der Waals surface area contributed by atoms with E-state index in [1.807, 2.05) is 54.6 Å². The van der Waals surface area contributed by atoms with Gasteiger partial charge in [-0.05, 0) is 103 Å². The van der Waals surface area contributed by atoms with Crippen LogP contribution in [0.3, 0.4) is 0 Å². The Morgan fingerprint density at radius 3 is 1.71 bits per heavy atom. The number of Topliss-reactive ketones (excluding diaryl/α,β-unsaturated/α-hetero) is 2. The minimum atomic E-state index is -1.49. The second kappa shape index (κ2) is 15.6. The van der Waals surface area contributed by atoms with Gasteiger partial charge >= 0.3 is 7.12 Å². The number of fused-ring (bicyclic) bond motifs is 6. The summed E-state index contributed by atoms with van der Waals surface area (Å²) in [6.45, 7) is 15.4. The van der Waals surface area contributed by atoms with Crippen LogP contribution in [-0.2, 0) is 9.47 Å². The summed E-state index contributed by atoms with van der Waals surface area (Å²) in [4.78, 5) is 32.0. The molecule has 4 bridgehead atoms. The second-order valence-electron chi connectivity index (χ2n) is 15.6. The number of ketones is 2. The van der Waals surface area contributed by atoms with Crippen LogP contribution in [0.2, 0.25) is 0 Å². The lowest BCUT2D eigenvalue weighted by Crippen LogP contribution is -2.60. The molecule has 6 unspecified atom stereocenters. The van der Waals surface area contributed by atoms with E-state index in [0.29, 0.717) is 58.4 Å². The fourth-order valence-corrected chi connectivity index (χ4v) is 9.53. The number of benzene rings is 4. The maximum Gasteiger partial charge on any atom is 0.487 e. The van der Waals surface area contributed by atoms with Crippen LogP contribution >= 0.6 is 15.9 Å². The molecule has 10 nitrogen and oxygen atoms in total. The Bertz CT molecular complexity index is 2250. The van der Waals surface area contributed by atoms with E-state index in [0.717, 1.165) is 60.2 Å². The van der Waals surface area contributed by atoms with Crippen LogP contribution < -0.4 is 14.9 Å². The van der Waals surface area contributed by atoms with Crippen molar-refractivity contribution in [1.82, 2.24) is 0 Å². The van der Waals surface area contributed by atoms with Gasteiger partial charge in [0.05, 0.1) is 62.5 Å². The van der Waals surface area contributed by atoms with Crippen molar-refractivity contribution < 1.29 is 38.6 Å². The summed E-state index contributed by atoms with van der Waals surface area (Å²) in [5.74, 6) is 2.75. The standard InChI is InChI=1S/C22H19NO3.C15H15BrO3.C7H6BNO2/c1-23-17-4-2-3-15(9-17)16-6-7-20-18(10-16)19(24)12-22(26-20)11-14-5-8-21(22)25-13-14;16-10-2-3-13-11(5-10)12(17)7-15(19-13)6-9-1-4-14(15)18-8-9;1-9-7-4-2-3-6(5-7)8(10)11/h2-4,6-7,9-10,14,21H,5,8,11-13H2;2-3,5,9,14H,1,4,6-8H2;2-5,10-11H. The van der Waals surface area contributed by atoms with Gasteiger partial charge in [0.25, 0.3) is 0 Å². The highest BCUT2D eigenvalue weighted by atomic mass is 79.9. The molecule has 6 fully saturated rings. The van der Waals surface area contributed by atoms with E-state index < -0.39 is 18.3 Å². The van der Waals surface area contributed by atoms with Gasteiger partial charge in [-0.3, -0.25) is 9.59 Å². The van der Waals surface area contributed by atoms with E-state index in [2.05, 4.69) is 25.6 Å². The zero-order valence-electron chi connectivity index (χ0n) is 30.7. The van der Waals surface area contributed by atoms with Crippen LogP contribution in [0.5, 0.6) is 11.5 Å². The van der Waals surface area contributed by atoms with E-state index in [4.69, 9.17) is 42.1 Å². The van der Waals surface area contributed by atoms with Gasteiger partial charge in [-0.1, -0.05) is 64.5 Å². The Labute approximate surface area is 334 Å². The molecule has 0 amide bonds. The van der Waals surface area contributed by atoms with Crippen LogP contribution in [0.25, 0.3) is 20.8 Å². The quantitative estimate of drug-likeness (QED) is 0.154. The van der Waals surface area contributed by atoms with Crippen LogP contribution in [0.15, 0.2) is 89.4 Å². The lowest BCUT2D eigenvalue weighted by atomic mass is 9.70. The molecule has 6 atom stereocenters. The summed E-state index contributed by atoms with van der Waals surface area (Å²) < 4.78 is 25.4. The van der Waals surface area contributed by atoms with Gasteiger partial charge in [-0.25, -0.2) is 9.69 Å². The van der Waals surface area contributed by atoms with Crippen LogP contribution in [0.1, 0.15) is 72.1 Å². The Balaban J connectivity index is 0.000000129. The van der Waals surface area contributed by atoms with Gasteiger partial charge in [-0.15, -0.1) is 0 Å². The number of ether oxygens (including phenoxy) is 4. The minimum Gasteiger partial charge on any atom is -0.483 e. The van der Waals surface area contributed by atoms with Crippen molar-refractivity contribution in [2.75, 3.05) is 13.2 Å². The molecule has 2 saturated carbocycles. The topological polar surface area (TPSA) is 120 Å². The molecule has 2 spiro atoms. The third-order valence-electron chi connectivity index (χ3n) is 11.9. The van der Waals surface area contributed by atoms with E-state index in [1.54, 1.807) is 24.3 Å². The first kappa shape index (κ1) is 38.1. The Hall–Kier alpha value is -4.82. The molecule has 4 aromatic carbocycles. The molecule has 8 aliphatic rings. The molecule has 284 valence electrons. The lowest BCUT2D eigenvalue weighted by molar-refractivity contribution is -0.183. The van der Waals surface area contributed by atoms with E-state index in [1.165, 1.54) is 18.9 Å². The van der Waals surface area contributed by atoms with Gasteiger partial charge in [0.1, 0.15) is 22.7 Å². The first-order valence-corrected chi connectivity index (χ1v) is 19.8. The predicted octanol–water partition coefficient (Wildman–Crippen LogP) is 8.08. The third kappa shape index (κ3) is 7.53. The van der Waals surface area contributed by atoms with E-state index in [-0.39, 0.29) is 23.8 Å². The Kier molecular flexibility index (Phi) is 10.6. The average molecular weight is 816 g/mol. The predicted molar refractivity (Wildman–Crippen MR) is 214 cm³/mol. The smallest absolute Gasteiger partial charge is 0.483 e. The molecule has 12 rings (SSSR count). The van der Waals surface area contributed by atoms with Crippen LogP contribution in [0.4, 0.5) is 11.4 Å². The molecule has 12 heteroatoms. The molecule has 0 radical (unpaired) electrons. The van der Waals surface area contributed by atoms with Crippen LogP contribution in [-0.4, -0.2) is 65.4 Å². The summed E-state index contributed by atoms with van der Waals surface area (Å²) in [7, 11) is -1.49. The molecule has 6 heterocycles. The van der Waals surface area contributed by atoms with Crippen molar-refractivity contribution in [2.45, 2.75) is 74.8 Å². The summed E-state index contributed by atoms with van der Waals surface area (Å²) in [6.07, 6.45) is 7.21. The molecule has 6 aliphatic heterocycles. The first-order valence-electron chi connectivity index (χ1n) is 19.0. The summed E-state index contributed by atoms with van der Waals surface area (Å²) in [5, 5.41) is 17.4. The van der Waals surface area contributed by atoms with Gasteiger partial charge in [0.15, 0.2) is 22.9 Å². The lowest BCUT2D eigenvalue weighted by Gasteiger charge is -2.52. The molecular weight excluding hydrogens is 775 g/mol. The highest BCUT2D eigenvalue weighted by Gasteiger charge is 2.55. The highest BCUT2D eigenvalue weighted by Crippen LogP contribution is 2.50. The number of hydrogen-bond donors (Lipinski definition) is 2. The monoisotopic (exact) mass is 814 g/mol. The fraction of sp³-hybridized carbons (Fsp3) is 0.364. The number of halogens is 1. The molecule has 2 aliphatic carbocycles. The summed E-state index contributed by atoms with van der Waals surface area (Å²) in [5.41, 5.74) is 3.68. The van der Waals surface area contributed by atoms with Crippen molar-refractivity contribution in [3.05, 3.63) is 123 Å². The normalized spacial score (nSPS) is 27.5. The number of nitrogens with zero attached hydrogens (tertiary/aromatic N) is 2. The van der Waals surface area contributed by atoms with Gasteiger partial charge < -0.3 is 29.0 Å². The third-order valence-corrected chi connectivity index (χ3v) is 12.3. The largest absolute Gasteiger partial charge is 0.487 e. The zero-order valence-corrected chi connectivity index (χ0v) is 32.2. The minimum absolute atomic E-state index is 0.0274. The maximum atomic E-state index is 13.0. The van der Waals surface area contributed by atoms with Crippen LogP contribution in [0, 0.1) is 25.0 Å². The Morgan fingerprint density at radius 2 is 1.20 bits per heavy atom. The zero-order chi connectivity index (χ0) is 39.0. The first-order chi connectivity index (χ1) is 27.1. The molecule has 4 saturated heterocycles. The number of hydrogen-bond acceptors (Lipinski definition) is 8. The van der Waals surface area contributed by atoms with Gasteiger partial charge in [0, 0.05) is 4.47 Å². The van der Waals surface area contributed by atoms with E-state index >= 15 is 0 Å². The SMILES string of the molecule is O=C1CC2(CC3CCC2OC3)Oc2ccc(Br)cc21.[C-]#[N+]c1cccc(-c2ccc3c(c2)C(=O)CC2(CC4CCC2OC4)O3)c1.[C-]#[N+]c1cccc(B(O)O)c1. The summed E-state index contributed by atoms with van der Waals surface area (Å²) in [6, 6.07) is 25.1. The molecular formula is C44H40BBrN2O8. The number of rotatable bonds is 2. The maximum absolute atomic E-state index is 13.0. The van der Waals surface area contributed by atoms with Gasteiger partial charge in [0.2, 0.25) is 0 Å². The average Bonchev–Trinajstić information content (AvgIpc) is 3.22. The fourth-order valence-electron chi connectivity index (χ4n) is 9.17. The van der Waals surface area contributed by atoms with E-state index in [9.17, 15) is 9.59 Å². The Morgan fingerprint density at radius 1 is 0.661 bits per heavy atom. The number of carbonyl (C=O) groups is 2. The van der Waals surface area contributed by atoms with Crippen molar-refractivity contribution in [3.63, 3.8) is 0 Å².